The van der Waals surface area contributed by atoms with Crippen molar-refractivity contribution in [1.82, 2.24) is 15.2 Å². The minimum Gasteiger partial charge on any atom is -0.312 e. The van der Waals surface area contributed by atoms with E-state index >= 15 is 0 Å². The van der Waals surface area contributed by atoms with Crippen molar-refractivity contribution in [2.45, 2.75) is 50.6 Å². The van der Waals surface area contributed by atoms with Gasteiger partial charge in [0.05, 0.1) is 17.9 Å². The molecule has 1 saturated carbocycles. The lowest BCUT2D eigenvalue weighted by atomic mass is 9.94. The van der Waals surface area contributed by atoms with Crippen LogP contribution in [0.25, 0.3) is 0 Å². The Kier molecular flexibility index (Phi) is 5.92. The molecule has 0 bridgehead atoms. The van der Waals surface area contributed by atoms with Crippen LogP contribution in [-0.2, 0) is 0 Å². The summed E-state index contributed by atoms with van der Waals surface area (Å²) >= 11 is 0. The molecule has 112 valence electrons. The van der Waals surface area contributed by atoms with E-state index in [0.29, 0.717) is 0 Å². The Bertz CT molecular complexity index is 387. The van der Waals surface area contributed by atoms with E-state index in [0.717, 1.165) is 24.7 Å². The van der Waals surface area contributed by atoms with E-state index in [-0.39, 0.29) is 11.9 Å². The van der Waals surface area contributed by atoms with Gasteiger partial charge in [0.1, 0.15) is 5.82 Å². The lowest BCUT2D eigenvalue weighted by Crippen LogP contribution is -2.35. The fourth-order valence-corrected chi connectivity index (χ4v) is 3.07. The molecule has 0 spiro atoms. The van der Waals surface area contributed by atoms with E-state index in [9.17, 15) is 4.39 Å². The van der Waals surface area contributed by atoms with Gasteiger partial charge in [-0.25, -0.2) is 4.39 Å². The predicted octanol–water partition coefficient (Wildman–Crippen LogP) is 3.14. The number of nitrogens with one attached hydrogen (secondary N) is 1. The topological polar surface area (TPSA) is 28.2 Å². The quantitative estimate of drug-likeness (QED) is 0.867. The molecule has 0 aromatic carbocycles. The molecule has 2 rings (SSSR count). The van der Waals surface area contributed by atoms with Crippen molar-refractivity contribution in [3.8, 4) is 0 Å². The van der Waals surface area contributed by atoms with Crippen LogP contribution >= 0.6 is 0 Å². The molecule has 3 nitrogen and oxygen atoms in total. The molecule has 1 fully saturated rings. The van der Waals surface area contributed by atoms with Gasteiger partial charge in [0.15, 0.2) is 0 Å². The van der Waals surface area contributed by atoms with E-state index in [4.69, 9.17) is 0 Å². The number of pyridine rings is 1. The van der Waals surface area contributed by atoms with Gasteiger partial charge in [-0.05, 0) is 52.0 Å². The molecule has 0 radical (unpaired) electrons. The molecule has 4 heteroatoms. The molecule has 1 atom stereocenters. The number of hydrogen-bond acceptors (Lipinski definition) is 3. The minimum absolute atomic E-state index is 0.196. The van der Waals surface area contributed by atoms with Crippen molar-refractivity contribution in [3.05, 3.63) is 29.8 Å². The summed E-state index contributed by atoms with van der Waals surface area (Å²) in [5.74, 6) is -0.275. The van der Waals surface area contributed by atoms with Crippen LogP contribution in [0.5, 0.6) is 0 Å². The van der Waals surface area contributed by atoms with Gasteiger partial charge < -0.3 is 10.2 Å². The number of halogens is 1. The highest BCUT2D eigenvalue weighted by molar-refractivity contribution is 5.09. The van der Waals surface area contributed by atoms with Crippen molar-refractivity contribution >= 4 is 0 Å². The van der Waals surface area contributed by atoms with Gasteiger partial charge in [-0.1, -0.05) is 19.3 Å². The highest BCUT2D eigenvalue weighted by Crippen LogP contribution is 2.23. The maximum Gasteiger partial charge on any atom is 0.141 e. The van der Waals surface area contributed by atoms with Gasteiger partial charge in [0.25, 0.3) is 0 Å². The summed E-state index contributed by atoms with van der Waals surface area (Å²) in [5.41, 5.74) is 0.922. The van der Waals surface area contributed by atoms with Gasteiger partial charge in [-0.15, -0.1) is 0 Å². The van der Waals surface area contributed by atoms with Gasteiger partial charge in [-0.3, -0.25) is 4.98 Å². The standard InChI is InChI=1S/C16H26FN3/c1-18-15(16-9-8-13(17)12-19-16)10-11-20(2)14-6-4-3-5-7-14/h8-9,12,14-15,18H,3-7,10-11H2,1-2H3. The fraction of sp³-hybridized carbons (Fsp3) is 0.688. The average Bonchev–Trinajstić information content (AvgIpc) is 2.50. The second kappa shape index (κ2) is 7.70. The summed E-state index contributed by atoms with van der Waals surface area (Å²) in [7, 11) is 4.16. The van der Waals surface area contributed by atoms with E-state index < -0.39 is 0 Å². The molecule has 1 aromatic rings. The summed E-state index contributed by atoms with van der Waals surface area (Å²) in [4.78, 5) is 6.66. The van der Waals surface area contributed by atoms with Crippen LogP contribution in [0.4, 0.5) is 4.39 Å². The average molecular weight is 279 g/mol. The van der Waals surface area contributed by atoms with E-state index in [1.807, 2.05) is 7.05 Å². The molecule has 1 aliphatic carbocycles. The first-order valence-electron chi connectivity index (χ1n) is 7.69. The molecular formula is C16H26FN3. The van der Waals surface area contributed by atoms with Crippen molar-refractivity contribution in [2.24, 2.45) is 0 Å². The van der Waals surface area contributed by atoms with Crippen LogP contribution in [0.1, 0.15) is 50.3 Å². The Labute approximate surface area is 121 Å². The highest BCUT2D eigenvalue weighted by atomic mass is 19.1. The molecular weight excluding hydrogens is 253 g/mol. The van der Waals surface area contributed by atoms with Crippen molar-refractivity contribution < 1.29 is 4.39 Å². The van der Waals surface area contributed by atoms with Crippen molar-refractivity contribution in [2.75, 3.05) is 20.6 Å². The zero-order chi connectivity index (χ0) is 14.4. The molecule has 1 heterocycles. The monoisotopic (exact) mass is 279 g/mol. The Morgan fingerprint density at radius 1 is 1.35 bits per heavy atom. The first kappa shape index (κ1) is 15.4. The maximum atomic E-state index is 12.9. The van der Waals surface area contributed by atoms with E-state index in [1.54, 1.807) is 6.07 Å². The third-order valence-corrected chi connectivity index (χ3v) is 4.42. The second-order valence-electron chi connectivity index (χ2n) is 5.80. The van der Waals surface area contributed by atoms with Gasteiger partial charge in [-0.2, -0.15) is 0 Å². The van der Waals surface area contributed by atoms with Crippen LogP contribution in [0, 0.1) is 5.82 Å². The largest absolute Gasteiger partial charge is 0.312 e. The fourth-order valence-electron chi connectivity index (χ4n) is 3.07. The van der Waals surface area contributed by atoms with Crippen LogP contribution in [0.2, 0.25) is 0 Å². The molecule has 20 heavy (non-hydrogen) atoms. The lowest BCUT2D eigenvalue weighted by molar-refractivity contribution is 0.184. The molecule has 0 saturated heterocycles. The lowest BCUT2D eigenvalue weighted by Gasteiger charge is -2.32. The summed E-state index contributed by atoms with van der Waals surface area (Å²) in [6.45, 7) is 1.05. The van der Waals surface area contributed by atoms with Crippen LogP contribution in [-0.4, -0.2) is 36.6 Å². The summed E-state index contributed by atoms with van der Waals surface area (Å²) in [6, 6.07) is 4.19. The molecule has 1 N–H and O–H groups in total. The maximum absolute atomic E-state index is 12.9. The second-order valence-corrected chi connectivity index (χ2v) is 5.80. The molecule has 1 aliphatic rings. The number of aromatic nitrogens is 1. The normalized spacial score (nSPS) is 18.4. The third-order valence-electron chi connectivity index (χ3n) is 4.42. The Morgan fingerprint density at radius 3 is 2.70 bits per heavy atom. The SMILES string of the molecule is CNC(CCN(C)C1CCCCC1)c1ccc(F)cn1. The Hall–Kier alpha value is -1.00. The van der Waals surface area contributed by atoms with E-state index in [2.05, 4.69) is 22.2 Å². The van der Waals surface area contributed by atoms with E-state index in [1.165, 1.54) is 44.4 Å². The van der Waals surface area contributed by atoms with Crippen LogP contribution in [0.15, 0.2) is 18.3 Å². The first-order valence-corrected chi connectivity index (χ1v) is 7.69. The third kappa shape index (κ3) is 4.25. The van der Waals surface area contributed by atoms with Crippen molar-refractivity contribution in [3.63, 3.8) is 0 Å². The zero-order valence-corrected chi connectivity index (χ0v) is 12.6. The summed E-state index contributed by atoms with van der Waals surface area (Å²) in [6.07, 6.45) is 9.08. The highest BCUT2D eigenvalue weighted by Gasteiger charge is 2.19. The molecule has 0 aliphatic heterocycles. The van der Waals surface area contributed by atoms with Crippen molar-refractivity contribution in [1.29, 1.82) is 0 Å². The Balaban J connectivity index is 1.85. The Morgan fingerprint density at radius 2 is 2.10 bits per heavy atom. The van der Waals surface area contributed by atoms with Gasteiger partial charge in [0.2, 0.25) is 0 Å². The van der Waals surface area contributed by atoms with Crippen LogP contribution < -0.4 is 5.32 Å². The number of hydrogen-bond donors (Lipinski definition) is 1. The first-order chi connectivity index (χ1) is 9.70. The number of nitrogens with zero attached hydrogens (tertiary/aromatic N) is 2. The number of rotatable bonds is 6. The molecule has 1 aromatic heterocycles. The summed E-state index contributed by atoms with van der Waals surface area (Å²) < 4.78 is 12.9. The zero-order valence-electron chi connectivity index (χ0n) is 12.6. The predicted molar refractivity (Wildman–Crippen MR) is 80.1 cm³/mol. The van der Waals surface area contributed by atoms with Gasteiger partial charge >= 0.3 is 0 Å². The minimum atomic E-state index is -0.275. The molecule has 0 amide bonds. The van der Waals surface area contributed by atoms with Gasteiger partial charge in [0, 0.05) is 6.04 Å². The molecule has 1 unspecified atom stereocenters. The smallest absolute Gasteiger partial charge is 0.141 e. The van der Waals surface area contributed by atoms with Crippen LogP contribution in [0.3, 0.4) is 0 Å². The summed E-state index contributed by atoms with van der Waals surface area (Å²) in [5, 5.41) is 3.28.